The molecule has 0 rings (SSSR count). The molecule has 0 heterocycles. The third kappa shape index (κ3) is 5.35. The summed E-state index contributed by atoms with van der Waals surface area (Å²) < 4.78 is 5.02. The molecule has 0 aliphatic carbocycles. The van der Waals surface area contributed by atoms with Crippen LogP contribution in [0.15, 0.2) is 12.2 Å². The fraction of sp³-hybridized carbons (Fsp3) is 0.600. The third-order valence-electron chi connectivity index (χ3n) is 1.78. The minimum Gasteiger partial charge on any atom is -0.478 e. The molecule has 0 amide bonds. The molecule has 0 aromatic rings. The number of carbonyl (C=O) groups excluding carboxylic acids is 1. The average molecular weight is 200 g/mol. The minimum atomic E-state index is -1.15. The van der Waals surface area contributed by atoms with Crippen LogP contribution in [0.25, 0.3) is 0 Å². The molecule has 0 aliphatic rings. The van der Waals surface area contributed by atoms with Crippen LogP contribution in [-0.2, 0) is 14.3 Å². The summed E-state index contributed by atoms with van der Waals surface area (Å²) in [7, 11) is 0. The lowest BCUT2D eigenvalue weighted by Crippen LogP contribution is -2.21. The summed E-state index contributed by atoms with van der Waals surface area (Å²) in [6.45, 7) is 5.81. The Morgan fingerprint density at radius 2 is 1.93 bits per heavy atom. The molecular formula is C10H16O4. The summed E-state index contributed by atoms with van der Waals surface area (Å²) >= 11 is 0. The number of rotatable bonds is 5. The minimum absolute atomic E-state index is 0.152. The lowest BCUT2D eigenvalue weighted by molar-refractivity contribution is -0.145. The highest BCUT2D eigenvalue weighted by Crippen LogP contribution is 2.10. The molecule has 1 unspecified atom stereocenters. The molecular weight excluding hydrogens is 184 g/mol. The maximum Gasteiger partial charge on any atom is 0.331 e. The van der Waals surface area contributed by atoms with E-state index >= 15 is 0 Å². The van der Waals surface area contributed by atoms with Gasteiger partial charge in [-0.1, -0.05) is 20.8 Å². The van der Waals surface area contributed by atoms with Gasteiger partial charge in [0.25, 0.3) is 0 Å². The van der Waals surface area contributed by atoms with Crippen LogP contribution < -0.4 is 0 Å². The number of carbonyl (C=O) groups is 2. The largest absolute Gasteiger partial charge is 0.478 e. The Morgan fingerprint density at radius 1 is 1.36 bits per heavy atom. The topological polar surface area (TPSA) is 63.6 Å². The van der Waals surface area contributed by atoms with E-state index in [0.717, 1.165) is 18.6 Å². The second kappa shape index (κ2) is 6.18. The van der Waals surface area contributed by atoms with Crippen LogP contribution in [0, 0.1) is 5.92 Å². The zero-order valence-corrected chi connectivity index (χ0v) is 8.69. The van der Waals surface area contributed by atoms with Crippen molar-refractivity contribution >= 4 is 11.9 Å². The average Bonchev–Trinajstić information content (AvgIpc) is 2.10. The number of hydrogen-bond donors (Lipinski definition) is 1. The lowest BCUT2D eigenvalue weighted by Gasteiger charge is -2.18. The maximum atomic E-state index is 11.0. The van der Waals surface area contributed by atoms with Gasteiger partial charge < -0.3 is 9.84 Å². The van der Waals surface area contributed by atoms with Crippen LogP contribution in [0.5, 0.6) is 0 Å². The van der Waals surface area contributed by atoms with Gasteiger partial charge in [-0.05, 0) is 12.3 Å². The van der Waals surface area contributed by atoms with E-state index in [1.807, 2.05) is 20.8 Å². The molecule has 0 bridgehead atoms. The molecule has 0 radical (unpaired) electrons. The summed E-state index contributed by atoms with van der Waals surface area (Å²) in [5, 5.41) is 8.27. The van der Waals surface area contributed by atoms with Gasteiger partial charge in [0.05, 0.1) is 0 Å². The Morgan fingerprint density at radius 3 is 2.29 bits per heavy atom. The number of carboxylic acid groups (broad SMARTS) is 1. The summed E-state index contributed by atoms with van der Waals surface area (Å²) in [4.78, 5) is 21.1. The smallest absolute Gasteiger partial charge is 0.331 e. The van der Waals surface area contributed by atoms with Crippen molar-refractivity contribution in [1.82, 2.24) is 0 Å². The van der Waals surface area contributed by atoms with E-state index in [1.54, 1.807) is 0 Å². The van der Waals surface area contributed by atoms with E-state index in [0.29, 0.717) is 0 Å². The Hall–Kier alpha value is -1.32. The fourth-order valence-corrected chi connectivity index (χ4v) is 1.02. The van der Waals surface area contributed by atoms with E-state index in [9.17, 15) is 9.59 Å². The fourth-order valence-electron chi connectivity index (χ4n) is 1.02. The van der Waals surface area contributed by atoms with Gasteiger partial charge in [-0.3, -0.25) is 0 Å². The summed E-state index contributed by atoms with van der Waals surface area (Å²) in [5.41, 5.74) is 0. The number of aliphatic carboxylic acids is 1. The molecule has 0 saturated heterocycles. The van der Waals surface area contributed by atoms with E-state index in [2.05, 4.69) is 0 Å². The van der Waals surface area contributed by atoms with Crippen molar-refractivity contribution in [3.05, 3.63) is 12.2 Å². The Balaban J connectivity index is 4.10. The first-order valence-corrected chi connectivity index (χ1v) is 4.59. The second-order valence-electron chi connectivity index (χ2n) is 3.30. The van der Waals surface area contributed by atoms with Crippen molar-refractivity contribution in [1.29, 1.82) is 0 Å². The molecule has 0 aliphatic heterocycles. The molecule has 0 fully saturated rings. The van der Waals surface area contributed by atoms with Gasteiger partial charge in [0.2, 0.25) is 0 Å². The van der Waals surface area contributed by atoms with Gasteiger partial charge in [-0.15, -0.1) is 0 Å². The molecule has 1 atom stereocenters. The molecule has 0 saturated carbocycles. The first-order chi connectivity index (χ1) is 6.47. The summed E-state index contributed by atoms with van der Waals surface area (Å²) in [6.07, 6.45) is 2.27. The second-order valence-corrected chi connectivity index (χ2v) is 3.30. The van der Waals surface area contributed by atoms with E-state index in [4.69, 9.17) is 9.84 Å². The van der Waals surface area contributed by atoms with Crippen LogP contribution in [0.2, 0.25) is 0 Å². The highest BCUT2D eigenvalue weighted by molar-refractivity contribution is 5.90. The standard InChI is InChI=1S/C10H16O4/c1-4-8(7(2)3)14-10(13)6-5-9(11)12/h5-8H,4H2,1-3H3,(H,11,12)/b6-5-. The third-order valence-corrected chi connectivity index (χ3v) is 1.78. The van der Waals surface area contributed by atoms with Crippen molar-refractivity contribution in [2.45, 2.75) is 33.3 Å². The summed E-state index contributed by atoms with van der Waals surface area (Å²) in [5.74, 6) is -1.52. The van der Waals surface area contributed by atoms with Gasteiger partial charge in [-0.25, -0.2) is 9.59 Å². The lowest BCUT2D eigenvalue weighted by atomic mass is 10.1. The van der Waals surface area contributed by atoms with E-state index in [-0.39, 0.29) is 12.0 Å². The number of hydrogen-bond acceptors (Lipinski definition) is 3. The van der Waals surface area contributed by atoms with Crippen LogP contribution in [0.1, 0.15) is 27.2 Å². The highest BCUT2D eigenvalue weighted by Gasteiger charge is 2.14. The molecule has 0 aromatic heterocycles. The van der Waals surface area contributed by atoms with Crippen molar-refractivity contribution in [2.24, 2.45) is 5.92 Å². The van der Waals surface area contributed by atoms with Gasteiger partial charge in [0, 0.05) is 12.2 Å². The van der Waals surface area contributed by atoms with Crippen LogP contribution >= 0.6 is 0 Å². The zero-order valence-electron chi connectivity index (χ0n) is 8.69. The van der Waals surface area contributed by atoms with Gasteiger partial charge >= 0.3 is 11.9 Å². The van der Waals surface area contributed by atoms with Gasteiger partial charge in [-0.2, -0.15) is 0 Å². The number of carboxylic acids is 1. The van der Waals surface area contributed by atoms with Crippen LogP contribution in [0.4, 0.5) is 0 Å². The van der Waals surface area contributed by atoms with Crippen molar-refractivity contribution in [3.63, 3.8) is 0 Å². The quantitative estimate of drug-likeness (QED) is 0.541. The number of ether oxygens (including phenoxy) is 1. The highest BCUT2D eigenvalue weighted by atomic mass is 16.5. The molecule has 80 valence electrons. The zero-order chi connectivity index (χ0) is 11.1. The first-order valence-electron chi connectivity index (χ1n) is 4.59. The summed E-state index contributed by atoms with van der Waals surface area (Å²) in [6, 6.07) is 0. The van der Waals surface area contributed by atoms with Crippen molar-refractivity contribution in [2.75, 3.05) is 0 Å². The Bertz CT molecular complexity index is 230. The molecule has 4 heteroatoms. The predicted octanol–water partition coefficient (Wildman–Crippen LogP) is 1.60. The normalized spacial score (nSPS) is 13.1. The SMILES string of the molecule is CCC(OC(=O)/C=C\C(=O)O)C(C)C. The molecule has 14 heavy (non-hydrogen) atoms. The van der Waals surface area contributed by atoms with Crippen molar-refractivity contribution in [3.8, 4) is 0 Å². The number of esters is 1. The van der Waals surface area contributed by atoms with E-state index < -0.39 is 11.9 Å². The van der Waals surface area contributed by atoms with Crippen LogP contribution in [-0.4, -0.2) is 23.1 Å². The van der Waals surface area contributed by atoms with Crippen molar-refractivity contribution < 1.29 is 19.4 Å². The molecule has 1 N–H and O–H groups in total. The van der Waals surface area contributed by atoms with E-state index in [1.165, 1.54) is 0 Å². The molecule has 0 spiro atoms. The molecule has 4 nitrogen and oxygen atoms in total. The van der Waals surface area contributed by atoms with Gasteiger partial charge in [0.15, 0.2) is 0 Å². The predicted molar refractivity (Wildman–Crippen MR) is 51.8 cm³/mol. The Kier molecular flexibility index (Phi) is 5.60. The first kappa shape index (κ1) is 12.7. The Labute approximate surface area is 83.6 Å². The maximum absolute atomic E-state index is 11.0. The van der Waals surface area contributed by atoms with Gasteiger partial charge in [0.1, 0.15) is 6.10 Å². The monoisotopic (exact) mass is 200 g/mol. The molecule has 0 aromatic carbocycles. The van der Waals surface area contributed by atoms with Crippen LogP contribution in [0.3, 0.4) is 0 Å².